The molecular formula is C88H126N20O4. The number of H-pyrrole nitrogens is 2. The molecule has 9 rings (SSSR count). The van der Waals surface area contributed by atoms with Gasteiger partial charge in [0.1, 0.15) is 0 Å². The smallest absolute Gasteiger partial charge is 0.251 e. The van der Waals surface area contributed by atoms with Crippen LogP contribution in [0.3, 0.4) is 0 Å². The summed E-state index contributed by atoms with van der Waals surface area (Å²) in [4.78, 5) is 73.9. The molecule has 8 bridgehead atoms. The summed E-state index contributed by atoms with van der Waals surface area (Å²) in [6.45, 7) is 19.6. The predicted molar refractivity (Wildman–Crippen MR) is 463 cm³/mol. The van der Waals surface area contributed by atoms with E-state index in [1.807, 2.05) is 121 Å². The molecule has 4 amide bonds. The lowest BCUT2D eigenvalue weighted by molar-refractivity contribution is 0.0945. The Morgan fingerprint density at radius 1 is 0.232 bits per heavy atom. The third-order valence-corrected chi connectivity index (χ3v) is 19.8. The minimum absolute atomic E-state index is 0.152. The van der Waals surface area contributed by atoms with Gasteiger partial charge in [-0.3, -0.25) is 19.2 Å². The first-order valence-corrected chi connectivity index (χ1v) is 41.3. The van der Waals surface area contributed by atoms with Gasteiger partial charge in [0.25, 0.3) is 23.6 Å². The number of hydrogen-bond acceptors (Lipinski definition) is 18. The molecule has 24 nitrogen and oxygen atoms in total. The maximum atomic E-state index is 13.8. The van der Waals surface area contributed by atoms with Gasteiger partial charge in [0.2, 0.25) is 0 Å². The lowest BCUT2D eigenvalue weighted by atomic mass is 10.0. The van der Waals surface area contributed by atoms with Crippen molar-refractivity contribution in [1.82, 2.24) is 83.7 Å². The van der Waals surface area contributed by atoms with Crippen LogP contribution in [0.25, 0.3) is 90.9 Å². The van der Waals surface area contributed by atoms with Crippen LogP contribution in [0, 0.1) is 0 Å². The van der Waals surface area contributed by atoms with Gasteiger partial charge in [0, 0.05) is 92.8 Å². The zero-order valence-corrected chi connectivity index (χ0v) is 66.0. The van der Waals surface area contributed by atoms with Gasteiger partial charge in [-0.25, -0.2) is 9.97 Å². The van der Waals surface area contributed by atoms with Crippen LogP contribution < -0.4 is 86.7 Å². The van der Waals surface area contributed by atoms with E-state index < -0.39 is 0 Å². The average molecular weight is 1530 g/mol. The lowest BCUT2D eigenvalue weighted by Gasteiger charge is -2.10. The Kier molecular flexibility index (Phi) is 39.4. The fraction of sp³-hybridized carbons (Fsp3) is 0.455. The van der Waals surface area contributed by atoms with Crippen molar-refractivity contribution < 1.29 is 19.2 Å². The van der Waals surface area contributed by atoms with Crippen LogP contribution in [0.5, 0.6) is 0 Å². The molecule has 22 N–H and O–H groups in total. The first-order chi connectivity index (χ1) is 55.2. The van der Waals surface area contributed by atoms with E-state index in [0.717, 1.165) is 274 Å². The molecule has 0 unspecified atom stereocenters. The summed E-state index contributed by atoms with van der Waals surface area (Å²) in [5, 5.41) is 40.3. The average Bonchev–Trinajstić information content (AvgIpc) is 1.62. The van der Waals surface area contributed by atoms with Crippen molar-refractivity contribution in [3.63, 3.8) is 0 Å². The van der Waals surface area contributed by atoms with Crippen LogP contribution in [0.15, 0.2) is 121 Å². The summed E-state index contributed by atoms with van der Waals surface area (Å²) in [5.74, 6) is -0.608. The third kappa shape index (κ3) is 28.8. The maximum absolute atomic E-state index is 13.8. The fourth-order valence-electron chi connectivity index (χ4n) is 13.6. The standard InChI is InChI=1S/C88H126N20O4/c89-41-9-53-93-45-1-5-49-97-57-13-61-101-85(109)69-25-17-65(18-26-69)81-73-33-35-75(105-73)82(66-19-27-70(28-20-66)86(110)102-62-14-58-98-50-6-2-46-94-54-10-42-90)77-37-39-79(107-77)84(68-23-31-72(32-24-68)88(112)104-64-16-60-100-52-8-4-48-96-56-12-44-92)80-40-38-78(108-80)83(76-36-34-74(81)106-76)67-21-29-71(30-22-67)87(111)103-63-15-59-99-51-7-3-47-95-55-11-43-91/h17-40,93-100,105,108H,1-16,41-64,89-92H2,(H,101,109)(H,102,110)(H,103,111)(H,104,112). The second kappa shape index (κ2) is 50.8. The van der Waals surface area contributed by atoms with Gasteiger partial charge in [-0.1, -0.05) is 48.5 Å². The summed E-state index contributed by atoms with van der Waals surface area (Å²) in [6, 6.07) is 39.0. The summed E-state index contributed by atoms with van der Waals surface area (Å²) in [5.41, 5.74) is 37.0. The molecule has 7 aromatic rings. The zero-order chi connectivity index (χ0) is 78.4. The van der Waals surface area contributed by atoms with E-state index in [1.165, 1.54) is 0 Å². The van der Waals surface area contributed by atoms with E-state index in [1.54, 1.807) is 0 Å². The number of nitrogens with zero attached hydrogens (tertiary/aromatic N) is 2. The SMILES string of the molecule is NCCCNCCCCNCCCNC(=O)c1ccc(-c2c3nc(c(-c4ccc(C(=O)NCCCNCCCCNCCCN)cc4)c4ccc([nH]4)c(-c4ccc(C(=O)NCCCNCCCCNCCCN)cc4)c4nc(c(-c5ccc(C(=O)NCCCNCCCCNCCCN)cc5)c5ccc2[nH]5)C=C4)C=C3)cc1. The van der Waals surface area contributed by atoms with Gasteiger partial charge >= 0.3 is 0 Å². The highest BCUT2D eigenvalue weighted by atomic mass is 16.2. The number of carbonyl (C=O) groups is 4. The van der Waals surface area contributed by atoms with Crippen molar-refractivity contribution in [2.24, 2.45) is 22.9 Å². The predicted octanol–water partition coefficient (Wildman–Crippen LogP) is 9.04. The zero-order valence-electron chi connectivity index (χ0n) is 66.0. The second-order valence-corrected chi connectivity index (χ2v) is 28.6. The topological polar surface area (TPSA) is 374 Å². The van der Waals surface area contributed by atoms with E-state index in [9.17, 15) is 19.2 Å². The fourth-order valence-corrected chi connectivity index (χ4v) is 13.6. The number of nitrogens with two attached hydrogens (primary N) is 4. The Labute approximate surface area is 663 Å². The normalized spacial score (nSPS) is 11.8. The molecule has 3 aromatic heterocycles. The van der Waals surface area contributed by atoms with Crippen molar-refractivity contribution >= 4 is 70.0 Å². The highest BCUT2D eigenvalue weighted by Crippen LogP contribution is 2.39. The van der Waals surface area contributed by atoms with Crippen LogP contribution in [-0.4, -0.2) is 201 Å². The number of aromatic amines is 2. The van der Waals surface area contributed by atoms with E-state index in [4.69, 9.17) is 32.9 Å². The van der Waals surface area contributed by atoms with Gasteiger partial charge in [-0.2, -0.15) is 0 Å². The quantitative estimate of drug-likeness (QED) is 0.0158. The highest BCUT2D eigenvalue weighted by Gasteiger charge is 2.22. The molecule has 0 fully saturated rings. The van der Waals surface area contributed by atoms with Crippen molar-refractivity contribution in [2.75, 3.05) is 157 Å². The maximum Gasteiger partial charge on any atom is 0.251 e. The molecule has 0 atom stereocenters. The van der Waals surface area contributed by atoms with Crippen molar-refractivity contribution in [2.45, 2.75) is 103 Å². The Morgan fingerprint density at radius 3 is 0.598 bits per heavy atom. The van der Waals surface area contributed by atoms with Crippen molar-refractivity contribution in [1.29, 1.82) is 0 Å². The van der Waals surface area contributed by atoms with Crippen LogP contribution in [0.4, 0.5) is 0 Å². The first-order valence-electron chi connectivity index (χ1n) is 41.3. The number of aromatic nitrogens is 4. The molecule has 0 aliphatic carbocycles. The summed E-state index contributed by atoms with van der Waals surface area (Å²) in [7, 11) is 0. The second-order valence-electron chi connectivity index (χ2n) is 28.6. The molecule has 5 heterocycles. The molecular weight excluding hydrogens is 1400 g/mol. The van der Waals surface area contributed by atoms with Gasteiger partial charge in [-0.15, -0.1) is 0 Å². The van der Waals surface area contributed by atoms with E-state index in [-0.39, 0.29) is 23.6 Å². The Morgan fingerprint density at radius 2 is 0.411 bits per heavy atom. The molecule has 112 heavy (non-hydrogen) atoms. The van der Waals surface area contributed by atoms with Crippen LogP contribution in [0.1, 0.15) is 167 Å². The minimum Gasteiger partial charge on any atom is -0.354 e. The molecule has 2 aliphatic heterocycles. The van der Waals surface area contributed by atoms with Crippen molar-refractivity contribution in [3.8, 4) is 44.5 Å². The molecule has 24 heteroatoms. The number of amides is 4. The Balaban J connectivity index is 1.04. The number of nitrogens with one attached hydrogen (secondary N) is 14. The lowest BCUT2D eigenvalue weighted by Crippen LogP contribution is -2.27. The van der Waals surface area contributed by atoms with Crippen LogP contribution >= 0.6 is 0 Å². The third-order valence-electron chi connectivity index (χ3n) is 19.8. The summed E-state index contributed by atoms with van der Waals surface area (Å²) >= 11 is 0. The van der Waals surface area contributed by atoms with Crippen molar-refractivity contribution in [3.05, 3.63) is 166 Å². The number of benzene rings is 4. The first kappa shape index (κ1) is 86.9. The Hall–Kier alpha value is -9.12. The minimum atomic E-state index is -0.152. The molecule has 4 aromatic carbocycles. The number of unbranched alkanes of at least 4 members (excludes halogenated alkanes) is 4. The molecule has 0 saturated heterocycles. The van der Waals surface area contributed by atoms with E-state index in [0.29, 0.717) is 97.4 Å². The van der Waals surface area contributed by atoms with Gasteiger partial charge in [0.05, 0.1) is 22.8 Å². The van der Waals surface area contributed by atoms with Gasteiger partial charge < -0.3 is 96.7 Å². The van der Waals surface area contributed by atoms with E-state index in [2.05, 4.69) is 98.0 Å². The molecule has 0 saturated carbocycles. The largest absolute Gasteiger partial charge is 0.354 e. The number of rotatable bonds is 56. The molecule has 2 aliphatic rings. The molecule has 602 valence electrons. The van der Waals surface area contributed by atoms with E-state index >= 15 is 0 Å². The monoisotopic (exact) mass is 1530 g/mol. The van der Waals surface area contributed by atoms with Gasteiger partial charge in [0.15, 0.2) is 0 Å². The molecule has 0 spiro atoms. The Bertz CT molecular complexity index is 3670. The van der Waals surface area contributed by atoms with Crippen LogP contribution in [0.2, 0.25) is 0 Å². The number of carbonyl (C=O) groups excluding carboxylic acids is 4. The summed E-state index contributed by atoms with van der Waals surface area (Å²) in [6.07, 6.45) is 23.9. The molecule has 0 radical (unpaired) electrons. The number of fused-ring (bicyclic) bond motifs is 8. The van der Waals surface area contributed by atoms with Gasteiger partial charge in [-0.05, 0) is 353 Å². The highest BCUT2D eigenvalue weighted by molar-refractivity contribution is 6.03. The number of hydrogen-bond donors (Lipinski definition) is 18. The summed E-state index contributed by atoms with van der Waals surface area (Å²) < 4.78 is 0. The van der Waals surface area contributed by atoms with Crippen LogP contribution in [-0.2, 0) is 0 Å².